The lowest BCUT2D eigenvalue weighted by molar-refractivity contribution is 0.0349. The van der Waals surface area contributed by atoms with Gasteiger partial charge in [-0.2, -0.15) is 0 Å². The second-order valence-electron chi connectivity index (χ2n) is 6.52. The third kappa shape index (κ3) is 3.99. The van der Waals surface area contributed by atoms with Gasteiger partial charge in [-0.05, 0) is 51.5 Å². The van der Waals surface area contributed by atoms with E-state index in [9.17, 15) is 18.4 Å². The van der Waals surface area contributed by atoms with Crippen LogP contribution < -0.4 is 5.43 Å². The van der Waals surface area contributed by atoms with E-state index in [1.165, 1.54) is 6.20 Å². The Morgan fingerprint density at radius 2 is 1.68 bits per heavy atom. The van der Waals surface area contributed by atoms with E-state index in [4.69, 9.17) is 0 Å². The predicted molar refractivity (Wildman–Crippen MR) is 88.7 cm³/mol. The molecule has 0 saturated carbocycles. The van der Waals surface area contributed by atoms with Crippen molar-refractivity contribution in [3.05, 3.63) is 65.0 Å². The van der Waals surface area contributed by atoms with Gasteiger partial charge in [0.15, 0.2) is 0 Å². The van der Waals surface area contributed by atoms with E-state index < -0.39 is 34.6 Å². The van der Waals surface area contributed by atoms with Crippen LogP contribution in [0.3, 0.4) is 0 Å². The number of pyridine rings is 1. The van der Waals surface area contributed by atoms with Gasteiger partial charge < -0.3 is 0 Å². The fourth-order valence-corrected chi connectivity index (χ4v) is 2.21. The van der Waals surface area contributed by atoms with Gasteiger partial charge in [-0.3, -0.25) is 20.0 Å². The molecule has 2 rings (SSSR count). The van der Waals surface area contributed by atoms with E-state index in [2.05, 4.69) is 10.4 Å². The monoisotopic (exact) mass is 347 g/mol. The third-order valence-electron chi connectivity index (χ3n) is 3.49. The summed E-state index contributed by atoms with van der Waals surface area (Å²) in [5.41, 5.74) is 1.47. The molecule has 5 nitrogen and oxygen atoms in total. The summed E-state index contributed by atoms with van der Waals surface area (Å²) in [5.74, 6) is -3.64. The Labute approximate surface area is 144 Å². The lowest BCUT2D eigenvalue weighted by atomic mass is 10.1. The van der Waals surface area contributed by atoms with Gasteiger partial charge in [-0.15, -0.1) is 0 Å². The van der Waals surface area contributed by atoms with Crippen LogP contribution in [0, 0.1) is 18.6 Å². The number of amides is 2. The van der Waals surface area contributed by atoms with Crippen molar-refractivity contribution in [3.63, 3.8) is 0 Å². The van der Waals surface area contributed by atoms with Crippen LogP contribution in [0.2, 0.25) is 0 Å². The number of aromatic nitrogens is 1. The van der Waals surface area contributed by atoms with Crippen LogP contribution in [0.15, 0.2) is 36.5 Å². The van der Waals surface area contributed by atoms with Crippen LogP contribution in [0.25, 0.3) is 0 Å². The fraction of sp³-hybridized carbons (Fsp3) is 0.278. The first-order valence-electron chi connectivity index (χ1n) is 7.64. The number of carbonyl (C=O) groups is 2. The molecule has 0 unspecified atom stereocenters. The topological polar surface area (TPSA) is 62.3 Å². The van der Waals surface area contributed by atoms with Gasteiger partial charge in [0.2, 0.25) is 0 Å². The van der Waals surface area contributed by atoms with Gasteiger partial charge in [0.05, 0.1) is 5.54 Å². The van der Waals surface area contributed by atoms with Crippen molar-refractivity contribution >= 4 is 11.8 Å². The highest BCUT2D eigenvalue weighted by Crippen LogP contribution is 2.18. The van der Waals surface area contributed by atoms with E-state index in [0.717, 1.165) is 23.2 Å². The molecule has 132 valence electrons. The van der Waals surface area contributed by atoms with Crippen molar-refractivity contribution < 1.29 is 18.4 Å². The Hall–Kier alpha value is -2.83. The summed E-state index contributed by atoms with van der Waals surface area (Å²) in [6, 6.07) is 6.50. The van der Waals surface area contributed by atoms with Crippen molar-refractivity contribution in [1.82, 2.24) is 15.4 Å². The molecule has 0 fully saturated rings. The number of hydrazine groups is 1. The molecule has 0 atom stereocenters. The second-order valence-corrected chi connectivity index (χ2v) is 6.52. The molecule has 2 amide bonds. The van der Waals surface area contributed by atoms with Crippen molar-refractivity contribution in [2.24, 2.45) is 0 Å². The highest BCUT2D eigenvalue weighted by molar-refractivity contribution is 5.99. The Kier molecular flexibility index (Phi) is 5.15. The molecule has 0 aliphatic carbocycles. The number of hydrogen-bond donors (Lipinski definition) is 1. The first kappa shape index (κ1) is 18.5. The summed E-state index contributed by atoms with van der Waals surface area (Å²) >= 11 is 0. The van der Waals surface area contributed by atoms with Gasteiger partial charge in [-0.25, -0.2) is 13.8 Å². The number of benzene rings is 1. The Morgan fingerprint density at radius 1 is 1.08 bits per heavy atom. The Bertz CT molecular complexity index is 796. The minimum atomic E-state index is -1.05. The van der Waals surface area contributed by atoms with Crippen LogP contribution in [-0.2, 0) is 0 Å². The molecule has 0 spiro atoms. The first-order valence-corrected chi connectivity index (χ1v) is 7.64. The van der Waals surface area contributed by atoms with Gasteiger partial charge in [0.1, 0.15) is 22.9 Å². The van der Waals surface area contributed by atoms with Gasteiger partial charge >= 0.3 is 0 Å². The van der Waals surface area contributed by atoms with Crippen LogP contribution in [-0.4, -0.2) is 27.3 Å². The number of nitrogens with zero attached hydrogens (tertiary/aromatic N) is 2. The van der Waals surface area contributed by atoms with Crippen molar-refractivity contribution in [2.75, 3.05) is 0 Å². The zero-order valence-corrected chi connectivity index (χ0v) is 14.4. The molecule has 1 N–H and O–H groups in total. The number of halogens is 2. The molecule has 0 aliphatic rings. The van der Waals surface area contributed by atoms with E-state index in [0.29, 0.717) is 5.56 Å². The number of aryl methyl sites for hydroxylation is 1. The third-order valence-corrected chi connectivity index (χ3v) is 3.49. The molecule has 0 saturated heterocycles. The van der Waals surface area contributed by atoms with Crippen molar-refractivity contribution in [2.45, 2.75) is 33.2 Å². The summed E-state index contributed by atoms with van der Waals surface area (Å²) in [6.07, 6.45) is 1.46. The number of nitrogens with one attached hydrogen (secondary N) is 1. The zero-order valence-electron chi connectivity index (χ0n) is 14.4. The standard InChI is InChI=1S/C18H19F2N3O2/c1-11-7-6-10-21-15(11)17(25)23(18(2,3)4)22-16(24)14-12(19)8-5-9-13(14)20/h5-10H,1-4H3,(H,22,24). The van der Waals surface area contributed by atoms with E-state index >= 15 is 0 Å². The molecule has 7 heteroatoms. The highest BCUT2D eigenvalue weighted by Gasteiger charge is 2.32. The zero-order chi connectivity index (χ0) is 18.8. The molecular formula is C18H19F2N3O2. The van der Waals surface area contributed by atoms with E-state index in [1.807, 2.05) is 0 Å². The number of hydrogen-bond acceptors (Lipinski definition) is 3. The number of rotatable bonds is 2. The molecule has 1 heterocycles. The minimum Gasteiger partial charge on any atom is -0.267 e. The Morgan fingerprint density at radius 3 is 2.20 bits per heavy atom. The minimum absolute atomic E-state index is 0.145. The molecular weight excluding hydrogens is 328 g/mol. The first-order chi connectivity index (χ1) is 11.6. The maximum absolute atomic E-state index is 13.8. The highest BCUT2D eigenvalue weighted by atomic mass is 19.1. The molecule has 0 aliphatic heterocycles. The quantitative estimate of drug-likeness (QED) is 0.848. The van der Waals surface area contributed by atoms with Gasteiger partial charge in [0, 0.05) is 6.20 Å². The maximum Gasteiger partial charge on any atom is 0.291 e. The molecule has 1 aromatic carbocycles. The van der Waals surface area contributed by atoms with E-state index in [-0.39, 0.29) is 5.69 Å². The number of carbonyl (C=O) groups excluding carboxylic acids is 2. The van der Waals surface area contributed by atoms with Crippen LogP contribution in [0.5, 0.6) is 0 Å². The van der Waals surface area contributed by atoms with Crippen molar-refractivity contribution in [1.29, 1.82) is 0 Å². The summed E-state index contributed by atoms with van der Waals surface area (Å²) < 4.78 is 27.6. The van der Waals surface area contributed by atoms with Crippen LogP contribution in [0.1, 0.15) is 47.2 Å². The largest absolute Gasteiger partial charge is 0.291 e. The average molecular weight is 347 g/mol. The smallest absolute Gasteiger partial charge is 0.267 e. The van der Waals surface area contributed by atoms with Crippen molar-refractivity contribution in [3.8, 4) is 0 Å². The fourth-order valence-electron chi connectivity index (χ4n) is 2.21. The summed E-state index contributed by atoms with van der Waals surface area (Å²) in [6.45, 7) is 6.75. The lowest BCUT2D eigenvalue weighted by Gasteiger charge is -2.35. The molecule has 25 heavy (non-hydrogen) atoms. The molecule has 0 radical (unpaired) electrons. The van der Waals surface area contributed by atoms with E-state index in [1.54, 1.807) is 39.8 Å². The maximum atomic E-state index is 13.8. The average Bonchev–Trinajstić information content (AvgIpc) is 2.51. The normalized spacial score (nSPS) is 11.1. The van der Waals surface area contributed by atoms with Gasteiger partial charge in [0.25, 0.3) is 11.8 Å². The molecule has 0 bridgehead atoms. The SMILES string of the molecule is Cc1cccnc1C(=O)N(NC(=O)c1c(F)cccc1F)C(C)(C)C. The summed E-state index contributed by atoms with van der Waals surface area (Å²) in [7, 11) is 0. The summed E-state index contributed by atoms with van der Waals surface area (Å²) in [4.78, 5) is 29.2. The predicted octanol–water partition coefficient (Wildman–Crippen LogP) is 3.25. The lowest BCUT2D eigenvalue weighted by Crippen LogP contribution is -2.56. The second kappa shape index (κ2) is 6.96. The summed E-state index contributed by atoms with van der Waals surface area (Å²) in [5, 5.41) is 1.02. The Balaban J connectivity index is 2.38. The molecule has 1 aromatic heterocycles. The molecule has 2 aromatic rings. The van der Waals surface area contributed by atoms with Crippen LogP contribution >= 0.6 is 0 Å². The van der Waals surface area contributed by atoms with Crippen LogP contribution in [0.4, 0.5) is 8.78 Å². The van der Waals surface area contributed by atoms with Gasteiger partial charge in [-0.1, -0.05) is 12.1 Å².